The molecule has 2 fully saturated rings. The third kappa shape index (κ3) is 4.84. The van der Waals surface area contributed by atoms with Crippen LogP contribution in [0.5, 0.6) is 0 Å². The molecule has 3 aliphatic rings. The van der Waals surface area contributed by atoms with Crippen molar-refractivity contribution in [1.29, 1.82) is 0 Å². The predicted octanol–water partition coefficient (Wildman–Crippen LogP) is 2.84. The maximum Gasteiger partial charge on any atom is 0.310 e. The number of hydrogen-bond donors (Lipinski definition) is 0. The molecule has 0 radical (unpaired) electrons. The highest BCUT2D eigenvalue weighted by Crippen LogP contribution is 2.30. The van der Waals surface area contributed by atoms with Gasteiger partial charge in [0.25, 0.3) is 15.9 Å². The van der Waals surface area contributed by atoms with Crippen molar-refractivity contribution in [2.24, 2.45) is 16.2 Å². The van der Waals surface area contributed by atoms with Gasteiger partial charge in [0.2, 0.25) is 0 Å². The Labute approximate surface area is 204 Å². The fourth-order valence-electron chi connectivity index (χ4n) is 5.09. The summed E-state index contributed by atoms with van der Waals surface area (Å²) in [6, 6.07) is 10.2. The van der Waals surface area contributed by atoms with Gasteiger partial charge in [-0.15, -0.1) is 4.40 Å². The summed E-state index contributed by atoms with van der Waals surface area (Å²) in [5, 5.41) is 0. The van der Waals surface area contributed by atoms with Crippen molar-refractivity contribution in [3.05, 3.63) is 53.5 Å². The van der Waals surface area contributed by atoms with Gasteiger partial charge in [0, 0.05) is 37.7 Å². The number of esters is 1. The number of fused-ring (bicyclic) bond motifs is 1. The molecule has 2 atom stereocenters. The van der Waals surface area contributed by atoms with Crippen LogP contribution in [-0.4, -0.2) is 68.7 Å². The number of carbonyl (C=O) groups excluding carboxylic acids is 2. The molecule has 10 heteroatoms. The van der Waals surface area contributed by atoms with E-state index >= 15 is 0 Å². The molecule has 0 spiro atoms. The van der Waals surface area contributed by atoms with E-state index in [2.05, 4.69) is 4.40 Å². The van der Waals surface area contributed by atoms with Crippen LogP contribution in [0.15, 0.2) is 50.1 Å². The second kappa shape index (κ2) is 9.49. The number of sulfonamides is 1. The van der Waals surface area contributed by atoms with Crippen molar-refractivity contribution in [3.8, 4) is 0 Å². The first-order valence-electron chi connectivity index (χ1n) is 12.0. The molecule has 4 heterocycles. The number of benzene rings is 1. The largest absolute Gasteiger partial charge is 0.465 e. The van der Waals surface area contributed by atoms with Crippen LogP contribution in [0.3, 0.4) is 0 Å². The molecule has 1 aromatic heterocycles. The maximum absolute atomic E-state index is 12.9. The number of amidine groups is 1. The second-order valence-corrected chi connectivity index (χ2v) is 11.0. The van der Waals surface area contributed by atoms with Crippen molar-refractivity contribution < 1.29 is 27.2 Å². The van der Waals surface area contributed by atoms with Crippen LogP contribution in [0, 0.1) is 18.8 Å². The van der Waals surface area contributed by atoms with Crippen molar-refractivity contribution in [2.75, 3.05) is 32.8 Å². The number of furan rings is 1. The van der Waals surface area contributed by atoms with Gasteiger partial charge >= 0.3 is 5.97 Å². The van der Waals surface area contributed by atoms with Gasteiger partial charge in [-0.3, -0.25) is 9.59 Å². The lowest BCUT2D eigenvalue weighted by molar-refractivity contribution is -0.151. The smallest absolute Gasteiger partial charge is 0.310 e. The summed E-state index contributed by atoms with van der Waals surface area (Å²) in [4.78, 5) is 29.5. The first kappa shape index (κ1) is 23.6. The molecule has 1 aromatic carbocycles. The normalized spacial score (nSPS) is 23.5. The molecule has 2 saturated heterocycles. The second-order valence-electron chi connectivity index (χ2n) is 9.47. The van der Waals surface area contributed by atoms with Gasteiger partial charge in [-0.1, -0.05) is 12.1 Å². The van der Waals surface area contributed by atoms with Gasteiger partial charge in [0.1, 0.15) is 10.7 Å². The highest BCUT2D eigenvalue weighted by Gasteiger charge is 2.36. The van der Waals surface area contributed by atoms with Crippen LogP contribution < -0.4 is 0 Å². The zero-order valence-electron chi connectivity index (χ0n) is 19.7. The summed E-state index contributed by atoms with van der Waals surface area (Å²) in [6.45, 7) is 4.25. The van der Waals surface area contributed by atoms with E-state index in [0.29, 0.717) is 55.5 Å². The number of piperidine rings is 2. The summed E-state index contributed by atoms with van der Waals surface area (Å²) in [5.74, 6) is 0.743. The molecular formula is C25H29N3O6S. The highest BCUT2D eigenvalue weighted by molar-refractivity contribution is 7.90. The van der Waals surface area contributed by atoms with Gasteiger partial charge in [-0.25, -0.2) is 0 Å². The monoisotopic (exact) mass is 499 g/mol. The van der Waals surface area contributed by atoms with Gasteiger partial charge < -0.3 is 19.0 Å². The number of aryl methyl sites for hydroxylation is 1. The first-order valence-corrected chi connectivity index (χ1v) is 13.5. The lowest BCUT2D eigenvalue weighted by atomic mass is 9.96. The minimum absolute atomic E-state index is 0.0728. The van der Waals surface area contributed by atoms with E-state index in [-0.39, 0.29) is 35.2 Å². The molecule has 35 heavy (non-hydrogen) atoms. The van der Waals surface area contributed by atoms with E-state index in [1.807, 2.05) is 4.90 Å². The van der Waals surface area contributed by atoms with E-state index in [1.54, 1.807) is 48.2 Å². The Hall–Kier alpha value is -3.14. The third-order valence-electron chi connectivity index (χ3n) is 6.89. The van der Waals surface area contributed by atoms with E-state index in [1.165, 1.54) is 0 Å². The van der Waals surface area contributed by atoms with Crippen LogP contribution in [0.4, 0.5) is 0 Å². The fraction of sp³-hybridized carbons (Fsp3) is 0.480. The van der Waals surface area contributed by atoms with Crippen molar-refractivity contribution in [1.82, 2.24) is 9.80 Å². The summed E-state index contributed by atoms with van der Waals surface area (Å²) in [6.07, 6.45) is 3.16. The van der Waals surface area contributed by atoms with Gasteiger partial charge in [0.05, 0.1) is 12.5 Å². The number of likely N-dealkylation sites (tertiary alicyclic amines) is 2. The van der Waals surface area contributed by atoms with Crippen LogP contribution >= 0.6 is 0 Å². The lowest BCUT2D eigenvalue weighted by Gasteiger charge is -2.34. The fourth-order valence-corrected chi connectivity index (χ4v) is 6.31. The lowest BCUT2D eigenvalue weighted by Crippen LogP contribution is -2.44. The Morgan fingerprint density at radius 3 is 2.69 bits per heavy atom. The molecule has 1 amide bonds. The van der Waals surface area contributed by atoms with Crippen molar-refractivity contribution in [2.45, 2.75) is 37.5 Å². The molecule has 3 aliphatic heterocycles. The predicted molar refractivity (Wildman–Crippen MR) is 127 cm³/mol. The summed E-state index contributed by atoms with van der Waals surface area (Å²) >= 11 is 0. The van der Waals surface area contributed by atoms with E-state index in [0.717, 1.165) is 19.3 Å². The number of amides is 1. The number of nitrogens with zero attached hydrogens (tertiary/aromatic N) is 3. The minimum Gasteiger partial charge on any atom is -0.465 e. The van der Waals surface area contributed by atoms with Crippen LogP contribution in [-0.2, 0) is 19.6 Å². The quantitative estimate of drug-likeness (QED) is 0.595. The van der Waals surface area contributed by atoms with Gasteiger partial charge in [0.15, 0.2) is 11.6 Å². The molecule has 9 nitrogen and oxygen atoms in total. The Bertz CT molecular complexity index is 1270. The Kier molecular flexibility index (Phi) is 6.39. The Morgan fingerprint density at radius 2 is 1.89 bits per heavy atom. The van der Waals surface area contributed by atoms with Gasteiger partial charge in [-0.2, -0.15) is 8.42 Å². The minimum atomic E-state index is -3.71. The molecule has 0 saturated carbocycles. The molecule has 2 aromatic rings. The molecule has 2 unspecified atom stereocenters. The average Bonchev–Trinajstić information content (AvgIpc) is 3.43. The molecular weight excluding hydrogens is 470 g/mol. The third-order valence-corrected chi connectivity index (χ3v) is 8.21. The number of carbonyl (C=O) groups is 2. The van der Waals surface area contributed by atoms with E-state index in [4.69, 9.17) is 9.15 Å². The molecule has 0 N–H and O–H groups in total. The summed E-state index contributed by atoms with van der Waals surface area (Å²) in [7, 11) is -3.71. The van der Waals surface area contributed by atoms with E-state index < -0.39 is 10.0 Å². The zero-order valence-corrected chi connectivity index (χ0v) is 20.5. The maximum atomic E-state index is 12.9. The zero-order chi connectivity index (χ0) is 24.6. The SMILES string of the molecule is Cc1ccc(C(=O)N2CCCC(COC(=O)C3CCCN(C4=NS(=O)(=O)c5ccccc54)C3)C2)o1. The van der Waals surface area contributed by atoms with Crippen LogP contribution in [0.25, 0.3) is 0 Å². The summed E-state index contributed by atoms with van der Waals surface area (Å²) in [5.41, 5.74) is 0.584. The van der Waals surface area contributed by atoms with Crippen molar-refractivity contribution in [3.63, 3.8) is 0 Å². The Morgan fingerprint density at radius 1 is 1.09 bits per heavy atom. The average molecular weight is 500 g/mol. The molecule has 186 valence electrons. The molecule has 0 aliphatic carbocycles. The number of rotatable bonds is 4. The molecule has 5 rings (SSSR count). The number of ether oxygens (including phenoxy) is 1. The van der Waals surface area contributed by atoms with E-state index in [9.17, 15) is 18.0 Å². The number of hydrogen-bond acceptors (Lipinski definition) is 7. The van der Waals surface area contributed by atoms with Crippen LogP contribution in [0.1, 0.15) is 47.6 Å². The standard InChI is InChI=1S/C25H29N3O6S/c1-17-10-11-21(34-17)24(29)28-13-4-6-18(14-28)16-33-25(30)19-7-5-12-27(15-19)23-20-8-2-3-9-22(20)35(31,32)26-23/h2-3,8-11,18-19H,4-7,12-16H2,1H3. The summed E-state index contributed by atoms with van der Waals surface area (Å²) < 4.78 is 40.0. The highest BCUT2D eigenvalue weighted by atomic mass is 32.2. The topological polar surface area (TPSA) is 109 Å². The Balaban J connectivity index is 1.17. The van der Waals surface area contributed by atoms with Gasteiger partial charge in [-0.05, 0) is 56.9 Å². The van der Waals surface area contributed by atoms with Crippen LogP contribution in [0.2, 0.25) is 0 Å². The first-order chi connectivity index (χ1) is 16.8. The van der Waals surface area contributed by atoms with Crippen molar-refractivity contribution >= 4 is 27.7 Å². The molecule has 0 bridgehead atoms.